The first-order valence-corrected chi connectivity index (χ1v) is 9.17. The van der Waals surface area contributed by atoms with Gasteiger partial charge in [0.2, 0.25) is 0 Å². The van der Waals surface area contributed by atoms with Crippen molar-refractivity contribution >= 4 is 45.8 Å². The third-order valence-corrected chi connectivity index (χ3v) is 4.65. The Kier molecular flexibility index (Phi) is 5.08. The molecular formula is C20H13Cl2FN4O2. The molecule has 0 unspecified atom stereocenters. The van der Waals surface area contributed by atoms with Crippen molar-refractivity contribution in [1.82, 2.24) is 15.0 Å². The Hall–Kier alpha value is -3.16. The molecule has 0 bridgehead atoms. The molecule has 0 spiro atoms. The van der Waals surface area contributed by atoms with E-state index in [9.17, 15) is 9.18 Å². The number of amides is 1. The summed E-state index contributed by atoms with van der Waals surface area (Å²) in [5, 5.41) is 12.1. The van der Waals surface area contributed by atoms with Crippen molar-refractivity contribution < 1.29 is 13.9 Å². The fourth-order valence-electron chi connectivity index (χ4n) is 2.82. The lowest BCUT2D eigenvalue weighted by Crippen LogP contribution is -2.13. The number of hydrogen-bond donors (Lipinski definition) is 1. The zero-order valence-corrected chi connectivity index (χ0v) is 16.5. The fraction of sp³-hybridized carbons (Fsp3) is 0.0500. The molecule has 0 atom stereocenters. The summed E-state index contributed by atoms with van der Waals surface area (Å²) in [6, 6.07) is 13.9. The van der Waals surface area contributed by atoms with Crippen molar-refractivity contribution in [2.45, 2.75) is 0 Å². The first-order valence-electron chi connectivity index (χ1n) is 8.42. The van der Waals surface area contributed by atoms with Crippen molar-refractivity contribution in [2.24, 2.45) is 0 Å². The largest absolute Gasteiger partial charge is 0.494 e. The number of ether oxygens (including phenoxy) is 1. The normalized spacial score (nSPS) is 10.9. The van der Waals surface area contributed by atoms with E-state index in [-0.39, 0.29) is 22.2 Å². The molecule has 3 aromatic carbocycles. The van der Waals surface area contributed by atoms with Gasteiger partial charge in [0.1, 0.15) is 22.6 Å². The number of fused-ring (bicyclic) bond motifs is 1. The number of benzene rings is 3. The fourth-order valence-corrected chi connectivity index (χ4v) is 3.39. The third kappa shape index (κ3) is 3.87. The minimum atomic E-state index is -0.434. The van der Waals surface area contributed by atoms with Crippen LogP contribution in [-0.2, 0) is 0 Å². The number of halogens is 3. The van der Waals surface area contributed by atoms with E-state index in [4.69, 9.17) is 27.9 Å². The lowest BCUT2D eigenvalue weighted by atomic mass is 10.1. The minimum Gasteiger partial charge on any atom is -0.494 e. The van der Waals surface area contributed by atoms with E-state index in [0.717, 1.165) is 0 Å². The number of anilines is 1. The molecule has 4 rings (SSSR count). The molecule has 1 N–H and O–H groups in total. The predicted molar refractivity (Wildman–Crippen MR) is 110 cm³/mol. The summed E-state index contributed by atoms with van der Waals surface area (Å²) in [5.74, 6) is -0.541. The summed E-state index contributed by atoms with van der Waals surface area (Å²) < 4.78 is 18.3. The van der Waals surface area contributed by atoms with E-state index < -0.39 is 5.91 Å². The molecule has 0 fully saturated rings. The van der Waals surface area contributed by atoms with E-state index >= 15 is 0 Å². The van der Waals surface area contributed by atoms with Gasteiger partial charge in [0.05, 0.1) is 23.4 Å². The first kappa shape index (κ1) is 19.2. The van der Waals surface area contributed by atoms with Crippen LogP contribution in [0.1, 0.15) is 10.4 Å². The Bertz CT molecular complexity index is 1230. The number of nitrogens with one attached hydrogen (secondary N) is 1. The molecule has 1 aromatic heterocycles. The lowest BCUT2D eigenvalue weighted by Gasteiger charge is -2.11. The van der Waals surface area contributed by atoms with Crippen LogP contribution in [0.4, 0.5) is 10.1 Å². The molecule has 0 saturated heterocycles. The topological polar surface area (TPSA) is 69.0 Å². The summed E-state index contributed by atoms with van der Waals surface area (Å²) in [6.45, 7) is 0. The molecule has 9 heteroatoms. The van der Waals surface area contributed by atoms with Crippen molar-refractivity contribution in [3.63, 3.8) is 0 Å². The number of nitrogens with zero attached hydrogens (tertiary/aromatic N) is 3. The zero-order chi connectivity index (χ0) is 20.5. The summed E-state index contributed by atoms with van der Waals surface area (Å²) in [6.07, 6.45) is 0. The van der Waals surface area contributed by atoms with E-state index in [1.165, 1.54) is 36.2 Å². The summed E-state index contributed by atoms with van der Waals surface area (Å²) in [4.78, 5) is 14.1. The van der Waals surface area contributed by atoms with E-state index in [2.05, 4.69) is 15.5 Å². The number of aromatic nitrogens is 3. The maximum Gasteiger partial charge on any atom is 0.259 e. The van der Waals surface area contributed by atoms with E-state index in [1.54, 1.807) is 30.3 Å². The van der Waals surface area contributed by atoms with Crippen molar-refractivity contribution in [3.05, 3.63) is 76.0 Å². The Labute approximate surface area is 174 Å². The van der Waals surface area contributed by atoms with Gasteiger partial charge in [0.25, 0.3) is 5.91 Å². The second-order valence-corrected chi connectivity index (χ2v) is 6.94. The van der Waals surface area contributed by atoms with Gasteiger partial charge >= 0.3 is 0 Å². The van der Waals surface area contributed by atoms with Crippen LogP contribution < -0.4 is 10.1 Å². The maximum absolute atomic E-state index is 13.1. The molecule has 1 amide bonds. The van der Waals surface area contributed by atoms with Gasteiger partial charge in [0, 0.05) is 10.7 Å². The Morgan fingerprint density at radius 1 is 1.03 bits per heavy atom. The number of carbonyl (C=O) groups is 1. The second kappa shape index (κ2) is 7.69. The molecule has 1 heterocycles. The Morgan fingerprint density at radius 2 is 1.76 bits per heavy atom. The van der Waals surface area contributed by atoms with Gasteiger partial charge in [0.15, 0.2) is 0 Å². The molecular weight excluding hydrogens is 418 g/mol. The molecule has 0 aliphatic carbocycles. The Balaban J connectivity index is 1.64. The number of hydrogen-bond acceptors (Lipinski definition) is 4. The third-order valence-electron chi connectivity index (χ3n) is 4.15. The van der Waals surface area contributed by atoms with Gasteiger partial charge in [-0.15, -0.1) is 10.2 Å². The minimum absolute atomic E-state index is 0.208. The molecule has 0 saturated carbocycles. The first-order chi connectivity index (χ1) is 13.9. The van der Waals surface area contributed by atoms with Gasteiger partial charge < -0.3 is 10.1 Å². The van der Waals surface area contributed by atoms with Gasteiger partial charge in [-0.05, 0) is 54.6 Å². The quantitative estimate of drug-likeness (QED) is 0.487. The standard InChI is InChI=1S/C20H13Cl2FN4O2/c1-29-19-15(8-11(21)9-16(19)22)20(28)24-13-4-7-17-18(10-13)26-27(25-17)14-5-2-12(23)3-6-14/h2-10H,1H3,(H,24,28). The molecule has 29 heavy (non-hydrogen) atoms. The molecule has 0 aliphatic heterocycles. The Morgan fingerprint density at radius 3 is 2.48 bits per heavy atom. The van der Waals surface area contributed by atoms with Crippen LogP contribution in [0.3, 0.4) is 0 Å². The monoisotopic (exact) mass is 430 g/mol. The summed E-state index contributed by atoms with van der Waals surface area (Å²) >= 11 is 12.1. The second-order valence-electron chi connectivity index (χ2n) is 6.09. The predicted octanol–water partition coefficient (Wildman–Crippen LogP) is 5.13. The highest BCUT2D eigenvalue weighted by atomic mass is 35.5. The smallest absolute Gasteiger partial charge is 0.259 e. The molecule has 4 aromatic rings. The zero-order valence-electron chi connectivity index (χ0n) is 15.0. The lowest BCUT2D eigenvalue weighted by molar-refractivity contribution is 0.102. The molecule has 6 nitrogen and oxygen atoms in total. The maximum atomic E-state index is 13.1. The van der Waals surface area contributed by atoms with Gasteiger partial charge in [-0.25, -0.2) is 4.39 Å². The molecule has 0 aliphatic rings. The summed E-state index contributed by atoms with van der Waals surface area (Å²) in [5.41, 5.74) is 2.51. The van der Waals surface area contributed by atoms with Crippen LogP contribution in [0.5, 0.6) is 5.75 Å². The van der Waals surface area contributed by atoms with Crippen molar-refractivity contribution in [1.29, 1.82) is 0 Å². The number of methoxy groups -OCH3 is 1. The SMILES string of the molecule is COc1c(Cl)cc(Cl)cc1C(=O)Nc1ccc2nn(-c3ccc(F)cc3)nc2c1. The van der Waals surface area contributed by atoms with Crippen molar-refractivity contribution in [3.8, 4) is 11.4 Å². The van der Waals surface area contributed by atoms with Crippen LogP contribution in [0.2, 0.25) is 10.0 Å². The van der Waals surface area contributed by atoms with Crippen LogP contribution in [0, 0.1) is 5.82 Å². The number of rotatable bonds is 4. The van der Waals surface area contributed by atoms with Crippen LogP contribution in [0.25, 0.3) is 16.7 Å². The average molecular weight is 431 g/mol. The molecule has 0 radical (unpaired) electrons. The average Bonchev–Trinajstić information content (AvgIpc) is 3.11. The van der Waals surface area contributed by atoms with E-state index in [1.807, 2.05) is 0 Å². The highest BCUT2D eigenvalue weighted by Crippen LogP contribution is 2.32. The van der Waals surface area contributed by atoms with Crippen molar-refractivity contribution in [2.75, 3.05) is 12.4 Å². The van der Waals surface area contributed by atoms with Gasteiger partial charge in [-0.3, -0.25) is 4.79 Å². The number of carbonyl (C=O) groups excluding carboxylic acids is 1. The van der Waals surface area contributed by atoms with E-state index in [0.29, 0.717) is 27.4 Å². The highest BCUT2D eigenvalue weighted by molar-refractivity contribution is 6.36. The molecule has 146 valence electrons. The van der Waals surface area contributed by atoms with Crippen LogP contribution in [0.15, 0.2) is 54.6 Å². The highest BCUT2D eigenvalue weighted by Gasteiger charge is 2.17. The van der Waals surface area contributed by atoms with Crippen LogP contribution >= 0.6 is 23.2 Å². The van der Waals surface area contributed by atoms with Crippen LogP contribution in [-0.4, -0.2) is 28.0 Å². The summed E-state index contributed by atoms with van der Waals surface area (Å²) in [7, 11) is 1.42. The van der Waals surface area contributed by atoms with Gasteiger partial charge in [-0.1, -0.05) is 23.2 Å². The van der Waals surface area contributed by atoms with Gasteiger partial charge in [-0.2, -0.15) is 4.80 Å².